The van der Waals surface area contributed by atoms with Crippen LogP contribution in [0.25, 0.3) is 11.4 Å². The molecule has 0 radical (unpaired) electrons. The Labute approximate surface area is 146 Å². The second kappa shape index (κ2) is 7.25. The quantitative estimate of drug-likeness (QED) is 0.670. The maximum atomic E-state index is 5.85. The number of ether oxygens (including phenoxy) is 3. The van der Waals surface area contributed by atoms with Crippen molar-refractivity contribution < 1.29 is 18.7 Å². The lowest BCUT2D eigenvalue weighted by molar-refractivity contribution is 0.176. The highest BCUT2D eigenvalue weighted by atomic mass is 16.5. The number of aryl methyl sites for hydroxylation is 1. The predicted octanol–water partition coefficient (Wildman–Crippen LogP) is 4.20. The molecular formula is C19H20N2O4. The van der Waals surface area contributed by atoms with E-state index in [1.54, 1.807) is 26.4 Å². The van der Waals surface area contributed by atoms with Gasteiger partial charge in [0.1, 0.15) is 5.75 Å². The van der Waals surface area contributed by atoms with E-state index in [2.05, 4.69) is 10.1 Å². The van der Waals surface area contributed by atoms with E-state index in [0.717, 1.165) is 11.3 Å². The van der Waals surface area contributed by atoms with E-state index in [9.17, 15) is 0 Å². The van der Waals surface area contributed by atoms with E-state index in [0.29, 0.717) is 23.2 Å². The summed E-state index contributed by atoms with van der Waals surface area (Å²) in [5.41, 5.74) is 1.95. The smallest absolute Gasteiger partial charge is 0.267 e. The molecule has 25 heavy (non-hydrogen) atoms. The number of hydrogen-bond acceptors (Lipinski definition) is 6. The SMILES string of the molecule is COc1ccc(-c2noc(C(C)Oc3ccc(C)cc3)n2)cc1OC. The van der Waals surface area contributed by atoms with Gasteiger partial charge >= 0.3 is 0 Å². The average molecular weight is 340 g/mol. The van der Waals surface area contributed by atoms with Crippen LogP contribution in [-0.4, -0.2) is 24.4 Å². The molecular weight excluding hydrogens is 320 g/mol. The van der Waals surface area contributed by atoms with Crippen LogP contribution in [0, 0.1) is 6.92 Å². The fourth-order valence-corrected chi connectivity index (χ4v) is 2.36. The minimum absolute atomic E-state index is 0.357. The molecule has 0 aliphatic heterocycles. The number of benzene rings is 2. The minimum Gasteiger partial charge on any atom is -0.493 e. The monoisotopic (exact) mass is 340 g/mol. The van der Waals surface area contributed by atoms with Crippen LogP contribution in [0.5, 0.6) is 17.2 Å². The van der Waals surface area contributed by atoms with Crippen LogP contribution in [0.15, 0.2) is 47.0 Å². The Kier molecular flexibility index (Phi) is 4.88. The molecule has 130 valence electrons. The van der Waals surface area contributed by atoms with E-state index in [1.807, 2.05) is 44.2 Å². The Hall–Kier alpha value is -3.02. The highest BCUT2D eigenvalue weighted by Crippen LogP contribution is 2.31. The van der Waals surface area contributed by atoms with Gasteiger partial charge in [0, 0.05) is 5.56 Å². The molecule has 0 saturated heterocycles. The highest BCUT2D eigenvalue weighted by molar-refractivity contribution is 5.60. The first-order chi connectivity index (χ1) is 12.1. The lowest BCUT2D eigenvalue weighted by atomic mass is 10.2. The molecule has 0 saturated carbocycles. The van der Waals surface area contributed by atoms with Crippen molar-refractivity contribution in [3.8, 4) is 28.6 Å². The van der Waals surface area contributed by atoms with Crippen LogP contribution >= 0.6 is 0 Å². The predicted molar refractivity (Wildman–Crippen MR) is 93.1 cm³/mol. The number of hydrogen-bond donors (Lipinski definition) is 0. The van der Waals surface area contributed by atoms with Gasteiger partial charge in [0.2, 0.25) is 5.82 Å². The summed E-state index contributed by atoms with van der Waals surface area (Å²) in [4.78, 5) is 4.43. The molecule has 1 aromatic heterocycles. The second-order valence-corrected chi connectivity index (χ2v) is 5.60. The van der Waals surface area contributed by atoms with Gasteiger partial charge in [-0.3, -0.25) is 0 Å². The van der Waals surface area contributed by atoms with E-state index in [-0.39, 0.29) is 6.10 Å². The van der Waals surface area contributed by atoms with Gasteiger partial charge in [-0.2, -0.15) is 4.98 Å². The zero-order valence-electron chi connectivity index (χ0n) is 14.6. The Balaban J connectivity index is 1.78. The van der Waals surface area contributed by atoms with Crippen molar-refractivity contribution in [1.29, 1.82) is 0 Å². The maximum Gasteiger partial charge on any atom is 0.267 e. The summed E-state index contributed by atoms with van der Waals surface area (Å²) in [7, 11) is 3.18. The first-order valence-corrected chi connectivity index (χ1v) is 7.90. The molecule has 0 aliphatic rings. The molecule has 1 atom stereocenters. The topological polar surface area (TPSA) is 66.6 Å². The fourth-order valence-electron chi connectivity index (χ4n) is 2.36. The molecule has 1 heterocycles. The van der Waals surface area contributed by atoms with E-state index in [1.165, 1.54) is 5.56 Å². The van der Waals surface area contributed by atoms with E-state index in [4.69, 9.17) is 18.7 Å². The lowest BCUT2D eigenvalue weighted by Gasteiger charge is -2.10. The molecule has 2 aromatic carbocycles. The molecule has 0 bridgehead atoms. The standard InChI is InChI=1S/C19H20N2O4/c1-12-5-8-15(9-6-12)24-13(2)19-20-18(21-25-19)14-7-10-16(22-3)17(11-14)23-4/h5-11,13H,1-4H3. The lowest BCUT2D eigenvalue weighted by Crippen LogP contribution is -2.03. The molecule has 3 rings (SSSR count). The minimum atomic E-state index is -0.357. The third-order valence-electron chi connectivity index (χ3n) is 3.77. The van der Waals surface area contributed by atoms with Crippen LogP contribution < -0.4 is 14.2 Å². The van der Waals surface area contributed by atoms with Gasteiger partial charge in [0.15, 0.2) is 17.6 Å². The fraction of sp³-hybridized carbons (Fsp3) is 0.263. The molecule has 0 amide bonds. The Morgan fingerprint density at radius 3 is 2.36 bits per heavy atom. The van der Waals surface area contributed by atoms with Crippen molar-refractivity contribution >= 4 is 0 Å². The number of nitrogens with zero attached hydrogens (tertiary/aromatic N) is 2. The summed E-state index contributed by atoms with van der Waals surface area (Å²) in [5, 5.41) is 4.03. The molecule has 3 aromatic rings. The Morgan fingerprint density at radius 1 is 0.960 bits per heavy atom. The molecule has 0 aliphatic carbocycles. The second-order valence-electron chi connectivity index (χ2n) is 5.60. The van der Waals surface area contributed by atoms with E-state index < -0.39 is 0 Å². The van der Waals surface area contributed by atoms with Crippen LogP contribution in [0.3, 0.4) is 0 Å². The summed E-state index contributed by atoms with van der Waals surface area (Å²) in [6, 6.07) is 13.3. The third-order valence-corrected chi connectivity index (χ3v) is 3.77. The maximum absolute atomic E-state index is 5.85. The van der Waals surface area contributed by atoms with Gasteiger partial charge < -0.3 is 18.7 Å². The number of aromatic nitrogens is 2. The first-order valence-electron chi connectivity index (χ1n) is 7.90. The van der Waals surface area contributed by atoms with Gasteiger partial charge in [-0.15, -0.1) is 0 Å². The van der Waals surface area contributed by atoms with Crippen molar-refractivity contribution in [2.45, 2.75) is 20.0 Å². The van der Waals surface area contributed by atoms with Gasteiger partial charge in [0.25, 0.3) is 5.89 Å². The van der Waals surface area contributed by atoms with E-state index >= 15 is 0 Å². The van der Waals surface area contributed by atoms with Crippen LogP contribution in [0.2, 0.25) is 0 Å². The Bertz CT molecular complexity index is 843. The van der Waals surface area contributed by atoms with Gasteiger partial charge in [0.05, 0.1) is 14.2 Å². The molecule has 1 unspecified atom stereocenters. The zero-order chi connectivity index (χ0) is 17.8. The molecule has 6 nitrogen and oxygen atoms in total. The third kappa shape index (κ3) is 3.74. The highest BCUT2D eigenvalue weighted by Gasteiger charge is 2.18. The van der Waals surface area contributed by atoms with Crippen molar-refractivity contribution in [1.82, 2.24) is 10.1 Å². The van der Waals surface area contributed by atoms with Crippen LogP contribution in [-0.2, 0) is 0 Å². The van der Waals surface area contributed by atoms with Gasteiger partial charge in [-0.1, -0.05) is 22.9 Å². The van der Waals surface area contributed by atoms with Crippen molar-refractivity contribution in [2.24, 2.45) is 0 Å². The summed E-state index contributed by atoms with van der Waals surface area (Å²) in [5.74, 6) is 2.88. The van der Waals surface area contributed by atoms with Crippen molar-refractivity contribution in [3.63, 3.8) is 0 Å². The first kappa shape index (κ1) is 16.8. The summed E-state index contributed by atoms with van der Waals surface area (Å²) >= 11 is 0. The molecule has 0 N–H and O–H groups in total. The average Bonchev–Trinajstić information content (AvgIpc) is 3.13. The zero-order valence-corrected chi connectivity index (χ0v) is 14.6. The molecule has 0 spiro atoms. The van der Waals surface area contributed by atoms with Crippen LogP contribution in [0.1, 0.15) is 24.5 Å². The van der Waals surface area contributed by atoms with Crippen molar-refractivity contribution in [3.05, 3.63) is 53.9 Å². The number of methoxy groups -OCH3 is 2. The number of rotatable bonds is 6. The normalized spacial score (nSPS) is 11.8. The molecule has 0 fully saturated rings. The van der Waals surface area contributed by atoms with Crippen molar-refractivity contribution in [2.75, 3.05) is 14.2 Å². The summed E-state index contributed by atoms with van der Waals surface area (Å²) in [6.45, 7) is 3.90. The molecule has 6 heteroatoms. The van der Waals surface area contributed by atoms with Gasteiger partial charge in [-0.25, -0.2) is 0 Å². The van der Waals surface area contributed by atoms with Gasteiger partial charge in [-0.05, 0) is 44.2 Å². The largest absolute Gasteiger partial charge is 0.493 e. The van der Waals surface area contributed by atoms with Crippen LogP contribution in [0.4, 0.5) is 0 Å². The Morgan fingerprint density at radius 2 is 1.68 bits per heavy atom. The summed E-state index contributed by atoms with van der Waals surface area (Å²) in [6.07, 6.45) is -0.357. The summed E-state index contributed by atoms with van der Waals surface area (Å²) < 4.78 is 21.7.